The van der Waals surface area contributed by atoms with Gasteiger partial charge < -0.3 is 15.1 Å². The number of piperazine rings is 1. The zero-order valence-corrected chi connectivity index (χ0v) is 12.7. The number of carbonyl (C=O) groups excluding carboxylic acids is 1. The highest BCUT2D eigenvalue weighted by Gasteiger charge is 2.25. The number of rotatable bonds is 4. The quantitative estimate of drug-likeness (QED) is 0.876. The standard InChI is InChI=1S/C16H24N2O3/c1-3-14(11-19)17-6-8-18(9-7-17)16(21)13-5-4-12(2)15(20)10-13/h4-5,10,14,19-20H,3,6-9,11H2,1-2H3. The Balaban J connectivity index is 1.98. The zero-order chi connectivity index (χ0) is 15.4. The fraction of sp³-hybridized carbons (Fsp3) is 0.562. The number of aryl methyl sites for hydroxylation is 1. The van der Waals surface area contributed by atoms with Gasteiger partial charge in [-0.05, 0) is 31.0 Å². The van der Waals surface area contributed by atoms with Crippen LogP contribution < -0.4 is 0 Å². The first-order valence-corrected chi connectivity index (χ1v) is 7.50. The molecule has 1 aliphatic rings. The summed E-state index contributed by atoms with van der Waals surface area (Å²) >= 11 is 0. The number of aromatic hydroxyl groups is 1. The van der Waals surface area contributed by atoms with Crippen LogP contribution in [0.3, 0.4) is 0 Å². The summed E-state index contributed by atoms with van der Waals surface area (Å²) in [5, 5.41) is 19.1. The first-order valence-electron chi connectivity index (χ1n) is 7.50. The van der Waals surface area contributed by atoms with Gasteiger partial charge in [-0.2, -0.15) is 0 Å². The number of aliphatic hydroxyl groups excluding tert-OH is 1. The van der Waals surface area contributed by atoms with Crippen molar-refractivity contribution in [2.24, 2.45) is 0 Å². The van der Waals surface area contributed by atoms with Crippen molar-refractivity contribution in [2.45, 2.75) is 26.3 Å². The van der Waals surface area contributed by atoms with Gasteiger partial charge in [-0.15, -0.1) is 0 Å². The number of amides is 1. The van der Waals surface area contributed by atoms with Gasteiger partial charge >= 0.3 is 0 Å². The molecule has 0 bridgehead atoms. The van der Waals surface area contributed by atoms with Gasteiger partial charge in [0.15, 0.2) is 0 Å². The Kier molecular flexibility index (Phi) is 5.20. The number of hydrogen-bond acceptors (Lipinski definition) is 4. The van der Waals surface area contributed by atoms with Gasteiger partial charge in [-0.25, -0.2) is 0 Å². The lowest BCUT2D eigenvalue weighted by Gasteiger charge is -2.38. The van der Waals surface area contributed by atoms with Crippen LogP contribution in [0, 0.1) is 6.92 Å². The summed E-state index contributed by atoms with van der Waals surface area (Å²) in [5.74, 6) is 0.118. The minimum absolute atomic E-state index is 0.0398. The normalized spacial score (nSPS) is 17.8. The second-order valence-electron chi connectivity index (χ2n) is 5.57. The first-order chi connectivity index (χ1) is 10.1. The third kappa shape index (κ3) is 3.54. The molecule has 5 nitrogen and oxygen atoms in total. The average Bonchev–Trinajstić information content (AvgIpc) is 2.51. The monoisotopic (exact) mass is 292 g/mol. The molecule has 1 heterocycles. The molecule has 1 atom stereocenters. The highest BCUT2D eigenvalue weighted by atomic mass is 16.3. The maximum absolute atomic E-state index is 12.4. The molecule has 1 aromatic carbocycles. The molecule has 5 heteroatoms. The summed E-state index contributed by atoms with van der Waals surface area (Å²) in [6.45, 7) is 6.91. The molecule has 0 aromatic heterocycles. The molecule has 1 unspecified atom stereocenters. The highest BCUT2D eigenvalue weighted by molar-refractivity contribution is 5.94. The van der Waals surface area contributed by atoms with Gasteiger partial charge in [0.05, 0.1) is 6.61 Å². The molecular weight excluding hydrogens is 268 g/mol. The maximum Gasteiger partial charge on any atom is 0.254 e. The lowest BCUT2D eigenvalue weighted by molar-refractivity contribution is 0.0472. The van der Waals surface area contributed by atoms with E-state index in [4.69, 9.17) is 0 Å². The molecular formula is C16H24N2O3. The van der Waals surface area contributed by atoms with Crippen molar-refractivity contribution < 1.29 is 15.0 Å². The Morgan fingerprint density at radius 1 is 1.29 bits per heavy atom. The molecule has 1 amide bonds. The number of hydrogen-bond donors (Lipinski definition) is 2. The van der Waals surface area contributed by atoms with E-state index >= 15 is 0 Å². The van der Waals surface area contributed by atoms with Gasteiger partial charge in [0.2, 0.25) is 0 Å². The number of benzene rings is 1. The number of phenols is 1. The predicted octanol–water partition coefficient (Wildman–Crippen LogP) is 1.23. The molecule has 2 N–H and O–H groups in total. The summed E-state index contributed by atoms with van der Waals surface area (Å²) in [5.41, 5.74) is 1.30. The smallest absolute Gasteiger partial charge is 0.254 e. The molecule has 1 aromatic rings. The second-order valence-corrected chi connectivity index (χ2v) is 5.57. The van der Waals surface area contributed by atoms with Crippen LogP contribution >= 0.6 is 0 Å². The molecule has 0 spiro atoms. The van der Waals surface area contributed by atoms with E-state index in [2.05, 4.69) is 11.8 Å². The number of nitrogens with zero attached hydrogens (tertiary/aromatic N) is 2. The molecule has 1 aliphatic heterocycles. The van der Waals surface area contributed by atoms with Crippen LogP contribution in [0.1, 0.15) is 29.3 Å². The minimum Gasteiger partial charge on any atom is -0.508 e. The lowest BCUT2D eigenvalue weighted by atomic mass is 10.1. The van der Waals surface area contributed by atoms with Crippen LogP contribution in [0.2, 0.25) is 0 Å². The van der Waals surface area contributed by atoms with Crippen LogP contribution in [-0.2, 0) is 0 Å². The molecule has 1 fully saturated rings. The number of aliphatic hydroxyl groups is 1. The Morgan fingerprint density at radius 2 is 1.95 bits per heavy atom. The van der Waals surface area contributed by atoms with Gasteiger partial charge in [0.1, 0.15) is 5.75 Å². The lowest BCUT2D eigenvalue weighted by Crippen LogP contribution is -2.52. The molecule has 1 saturated heterocycles. The second kappa shape index (κ2) is 6.91. The Hall–Kier alpha value is -1.59. The summed E-state index contributed by atoms with van der Waals surface area (Å²) in [7, 11) is 0. The fourth-order valence-corrected chi connectivity index (χ4v) is 2.72. The Bertz CT molecular complexity index is 492. The van der Waals surface area contributed by atoms with Crippen molar-refractivity contribution in [3.63, 3.8) is 0 Å². The van der Waals surface area contributed by atoms with E-state index in [-0.39, 0.29) is 24.3 Å². The van der Waals surface area contributed by atoms with Gasteiger partial charge in [-0.3, -0.25) is 9.69 Å². The number of phenolic OH excluding ortho intramolecular Hbond substituents is 1. The van der Waals surface area contributed by atoms with Crippen molar-refractivity contribution in [1.29, 1.82) is 0 Å². The zero-order valence-electron chi connectivity index (χ0n) is 12.7. The van der Waals surface area contributed by atoms with Crippen LogP contribution in [-0.4, -0.2) is 64.7 Å². The van der Waals surface area contributed by atoms with Crippen molar-refractivity contribution in [1.82, 2.24) is 9.80 Å². The topological polar surface area (TPSA) is 64.0 Å². The summed E-state index contributed by atoms with van der Waals surface area (Å²) in [6, 6.07) is 5.24. The average molecular weight is 292 g/mol. The van der Waals surface area contributed by atoms with Crippen LogP contribution in [0.5, 0.6) is 5.75 Å². The SMILES string of the molecule is CCC(CO)N1CCN(C(=O)c2ccc(C)c(O)c2)CC1. The first kappa shape index (κ1) is 15.8. The highest BCUT2D eigenvalue weighted by Crippen LogP contribution is 2.19. The van der Waals surface area contributed by atoms with E-state index in [0.717, 1.165) is 25.1 Å². The van der Waals surface area contributed by atoms with Crippen molar-refractivity contribution >= 4 is 5.91 Å². The number of carbonyl (C=O) groups is 1. The largest absolute Gasteiger partial charge is 0.508 e. The summed E-state index contributed by atoms with van der Waals surface area (Å²) in [6.07, 6.45) is 0.913. The van der Waals surface area contributed by atoms with E-state index < -0.39 is 0 Å². The predicted molar refractivity (Wildman–Crippen MR) is 81.5 cm³/mol. The Labute approximate surface area is 125 Å². The van der Waals surface area contributed by atoms with Crippen LogP contribution in [0.15, 0.2) is 18.2 Å². The Morgan fingerprint density at radius 3 is 2.48 bits per heavy atom. The van der Waals surface area contributed by atoms with Crippen molar-refractivity contribution in [3.05, 3.63) is 29.3 Å². The molecule has 116 valence electrons. The van der Waals surface area contributed by atoms with Crippen LogP contribution in [0.4, 0.5) is 0 Å². The third-order valence-corrected chi connectivity index (χ3v) is 4.26. The fourth-order valence-electron chi connectivity index (χ4n) is 2.72. The van der Waals surface area contributed by atoms with Gasteiger partial charge in [0.25, 0.3) is 5.91 Å². The van der Waals surface area contributed by atoms with E-state index in [1.165, 1.54) is 6.07 Å². The maximum atomic E-state index is 12.4. The van der Waals surface area contributed by atoms with Crippen molar-refractivity contribution in [2.75, 3.05) is 32.8 Å². The van der Waals surface area contributed by atoms with E-state index in [1.807, 2.05) is 11.8 Å². The minimum atomic E-state index is -0.0398. The van der Waals surface area contributed by atoms with Crippen molar-refractivity contribution in [3.8, 4) is 5.75 Å². The molecule has 2 rings (SSSR count). The van der Waals surface area contributed by atoms with Gasteiger partial charge in [-0.1, -0.05) is 13.0 Å². The summed E-state index contributed by atoms with van der Waals surface area (Å²) in [4.78, 5) is 16.5. The van der Waals surface area contributed by atoms with Gasteiger partial charge in [0, 0.05) is 37.8 Å². The van der Waals surface area contributed by atoms with E-state index in [1.54, 1.807) is 12.1 Å². The molecule has 21 heavy (non-hydrogen) atoms. The van der Waals surface area contributed by atoms with E-state index in [9.17, 15) is 15.0 Å². The van der Waals surface area contributed by atoms with Crippen LogP contribution in [0.25, 0.3) is 0 Å². The molecule has 0 aliphatic carbocycles. The summed E-state index contributed by atoms with van der Waals surface area (Å²) < 4.78 is 0. The molecule has 0 radical (unpaired) electrons. The van der Waals surface area contributed by atoms with E-state index in [0.29, 0.717) is 18.7 Å². The molecule has 0 saturated carbocycles. The third-order valence-electron chi connectivity index (χ3n) is 4.26.